The fraction of sp³-hybridized carbons (Fsp3) is 0.647. The Kier molecular flexibility index (Phi) is 5.71. The highest BCUT2D eigenvalue weighted by molar-refractivity contribution is 5.27. The van der Waals surface area contributed by atoms with E-state index in [9.17, 15) is 0 Å². The lowest BCUT2D eigenvalue weighted by molar-refractivity contribution is 0.336. The summed E-state index contributed by atoms with van der Waals surface area (Å²) in [5, 5.41) is 3.69. The molecule has 19 heavy (non-hydrogen) atoms. The van der Waals surface area contributed by atoms with Crippen LogP contribution in [0.4, 0.5) is 0 Å². The van der Waals surface area contributed by atoms with Crippen LogP contribution >= 0.6 is 0 Å². The van der Waals surface area contributed by atoms with Crippen LogP contribution in [0.3, 0.4) is 0 Å². The Morgan fingerprint density at radius 2 is 1.74 bits per heavy atom. The minimum atomic E-state index is 0.625. The summed E-state index contributed by atoms with van der Waals surface area (Å²) in [5.41, 5.74) is 1.33. The van der Waals surface area contributed by atoms with Crippen molar-refractivity contribution in [1.29, 1.82) is 0 Å². The van der Waals surface area contributed by atoms with Gasteiger partial charge in [0.25, 0.3) is 0 Å². The third kappa shape index (κ3) is 4.54. The molecule has 0 aromatic heterocycles. The van der Waals surface area contributed by atoms with Gasteiger partial charge in [-0.1, -0.05) is 37.8 Å². The molecule has 0 spiro atoms. The van der Waals surface area contributed by atoms with Gasteiger partial charge < -0.3 is 10.1 Å². The Balaban J connectivity index is 1.79. The molecule has 1 N–H and O–H groups in total. The van der Waals surface area contributed by atoms with Gasteiger partial charge in [-0.3, -0.25) is 0 Å². The molecule has 0 radical (unpaired) electrons. The first kappa shape index (κ1) is 14.4. The second-order valence-corrected chi connectivity index (χ2v) is 5.77. The van der Waals surface area contributed by atoms with E-state index in [1.807, 2.05) is 12.1 Å². The topological polar surface area (TPSA) is 21.3 Å². The molecule has 1 aromatic rings. The van der Waals surface area contributed by atoms with Gasteiger partial charge in [-0.2, -0.15) is 0 Å². The molecule has 1 aliphatic carbocycles. The molecule has 0 bridgehead atoms. The molecule has 1 saturated carbocycles. The van der Waals surface area contributed by atoms with Gasteiger partial charge in [-0.05, 0) is 43.4 Å². The summed E-state index contributed by atoms with van der Waals surface area (Å²) in [7, 11) is 1.71. The van der Waals surface area contributed by atoms with Crippen molar-refractivity contribution < 1.29 is 4.74 Å². The van der Waals surface area contributed by atoms with E-state index < -0.39 is 0 Å². The largest absolute Gasteiger partial charge is 0.497 e. The lowest BCUT2D eigenvalue weighted by Gasteiger charge is -2.23. The van der Waals surface area contributed by atoms with Crippen LogP contribution in [-0.4, -0.2) is 13.2 Å². The fourth-order valence-corrected chi connectivity index (χ4v) is 3.00. The minimum absolute atomic E-state index is 0.625. The van der Waals surface area contributed by atoms with Gasteiger partial charge >= 0.3 is 0 Å². The van der Waals surface area contributed by atoms with Crippen molar-refractivity contribution >= 4 is 0 Å². The van der Waals surface area contributed by atoms with Crippen molar-refractivity contribution in [2.45, 2.75) is 58.0 Å². The smallest absolute Gasteiger partial charge is 0.118 e. The van der Waals surface area contributed by atoms with Crippen molar-refractivity contribution in [3.63, 3.8) is 0 Å². The van der Waals surface area contributed by atoms with Crippen molar-refractivity contribution in [2.75, 3.05) is 7.11 Å². The van der Waals surface area contributed by atoms with Crippen LogP contribution in [0.2, 0.25) is 0 Å². The summed E-state index contributed by atoms with van der Waals surface area (Å²) in [6.07, 6.45) is 8.50. The SMILES string of the molecule is COc1ccc(CN[C@@H](C)C2CCCCCC2)cc1. The first-order valence-electron chi connectivity index (χ1n) is 7.66. The predicted octanol–water partition coefficient (Wildman–Crippen LogP) is 4.14. The maximum absolute atomic E-state index is 5.18. The minimum Gasteiger partial charge on any atom is -0.497 e. The Hall–Kier alpha value is -1.02. The maximum atomic E-state index is 5.18. The molecule has 106 valence electrons. The van der Waals surface area contributed by atoms with Gasteiger partial charge in [0.2, 0.25) is 0 Å². The predicted molar refractivity (Wildman–Crippen MR) is 80.5 cm³/mol. The second-order valence-electron chi connectivity index (χ2n) is 5.77. The molecule has 0 unspecified atom stereocenters. The number of methoxy groups -OCH3 is 1. The van der Waals surface area contributed by atoms with Crippen molar-refractivity contribution in [3.8, 4) is 5.75 Å². The quantitative estimate of drug-likeness (QED) is 0.804. The zero-order valence-corrected chi connectivity index (χ0v) is 12.3. The molecule has 0 amide bonds. The van der Waals surface area contributed by atoms with Crippen LogP contribution in [-0.2, 0) is 6.54 Å². The summed E-state index contributed by atoms with van der Waals surface area (Å²) < 4.78 is 5.18. The van der Waals surface area contributed by atoms with E-state index in [0.29, 0.717) is 6.04 Å². The number of nitrogens with one attached hydrogen (secondary N) is 1. The molecule has 0 saturated heterocycles. The highest BCUT2D eigenvalue weighted by Gasteiger charge is 2.18. The molecule has 2 rings (SSSR count). The molecule has 0 heterocycles. The molecular weight excluding hydrogens is 234 g/mol. The Bertz CT molecular complexity index is 352. The normalized spacial score (nSPS) is 18.8. The third-order valence-electron chi connectivity index (χ3n) is 4.39. The molecule has 1 atom stereocenters. The third-order valence-corrected chi connectivity index (χ3v) is 4.39. The van der Waals surface area contributed by atoms with E-state index in [1.165, 1.54) is 44.1 Å². The van der Waals surface area contributed by atoms with Crippen LogP contribution in [0.5, 0.6) is 5.75 Å². The summed E-state index contributed by atoms with van der Waals surface area (Å²) in [4.78, 5) is 0. The zero-order chi connectivity index (χ0) is 13.5. The second kappa shape index (κ2) is 7.54. The zero-order valence-electron chi connectivity index (χ0n) is 12.3. The van der Waals surface area contributed by atoms with E-state index in [1.54, 1.807) is 7.11 Å². The fourth-order valence-electron chi connectivity index (χ4n) is 3.00. The summed E-state index contributed by atoms with van der Waals surface area (Å²) >= 11 is 0. The Morgan fingerprint density at radius 1 is 1.11 bits per heavy atom. The summed E-state index contributed by atoms with van der Waals surface area (Å²) in [5.74, 6) is 1.79. The van der Waals surface area contributed by atoms with Gasteiger partial charge in [0.1, 0.15) is 5.75 Å². The van der Waals surface area contributed by atoms with Gasteiger partial charge in [0.05, 0.1) is 7.11 Å². The molecule has 2 heteroatoms. The van der Waals surface area contributed by atoms with Gasteiger partial charge in [-0.25, -0.2) is 0 Å². The first-order chi connectivity index (χ1) is 9.29. The van der Waals surface area contributed by atoms with E-state index in [4.69, 9.17) is 4.74 Å². The maximum Gasteiger partial charge on any atom is 0.118 e. The lowest BCUT2D eigenvalue weighted by atomic mass is 9.93. The van der Waals surface area contributed by atoms with Gasteiger partial charge in [0, 0.05) is 12.6 Å². The van der Waals surface area contributed by atoms with Crippen LogP contribution < -0.4 is 10.1 Å². The van der Waals surface area contributed by atoms with Crippen LogP contribution in [0.25, 0.3) is 0 Å². The molecule has 1 aliphatic rings. The number of hydrogen-bond donors (Lipinski definition) is 1. The lowest BCUT2D eigenvalue weighted by Crippen LogP contribution is -2.32. The molecular formula is C17H27NO. The highest BCUT2D eigenvalue weighted by atomic mass is 16.5. The van der Waals surface area contributed by atoms with E-state index >= 15 is 0 Å². The summed E-state index contributed by atoms with van der Waals surface area (Å²) in [6, 6.07) is 8.98. The van der Waals surface area contributed by atoms with E-state index in [-0.39, 0.29) is 0 Å². The molecule has 1 fully saturated rings. The summed E-state index contributed by atoms with van der Waals surface area (Å²) in [6.45, 7) is 3.31. The highest BCUT2D eigenvalue weighted by Crippen LogP contribution is 2.25. The average Bonchev–Trinajstić information content (AvgIpc) is 2.74. The van der Waals surface area contributed by atoms with Crippen LogP contribution in [0.15, 0.2) is 24.3 Å². The van der Waals surface area contributed by atoms with Crippen molar-refractivity contribution in [2.24, 2.45) is 5.92 Å². The Labute approximate surface area is 117 Å². The molecule has 0 aliphatic heterocycles. The monoisotopic (exact) mass is 261 g/mol. The van der Waals surface area contributed by atoms with Gasteiger partial charge in [-0.15, -0.1) is 0 Å². The van der Waals surface area contributed by atoms with E-state index in [0.717, 1.165) is 18.2 Å². The number of rotatable bonds is 5. The first-order valence-corrected chi connectivity index (χ1v) is 7.66. The number of hydrogen-bond acceptors (Lipinski definition) is 2. The average molecular weight is 261 g/mol. The Morgan fingerprint density at radius 3 is 2.32 bits per heavy atom. The van der Waals surface area contributed by atoms with Crippen molar-refractivity contribution in [1.82, 2.24) is 5.32 Å². The molecule has 1 aromatic carbocycles. The van der Waals surface area contributed by atoms with Crippen LogP contribution in [0.1, 0.15) is 51.0 Å². The number of benzene rings is 1. The van der Waals surface area contributed by atoms with Crippen molar-refractivity contribution in [3.05, 3.63) is 29.8 Å². The van der Waals surface area contributed by atoms with E-state index in [2.05, 4.69) is 24.4 Å². The standard InChI is InChI=1S/C17H27NO/c1-14(16-7-5-3-4-6-8-16)18-13-15-9-11-17(19-2)12-10-15/h9-12,14,16,18H,3-8,13H2,1-2H3/t14-/m0/s1. The van der Waals surface area contributed by atoms with Crippen LogP contribution in [0, 0.1) is 5.92 Å². The molecule has 2 nitrogen and oxygen atoms in total. The van der Waals surface area contributed by atoms with Gasteiger partial charge in [0.15, 0.2) is 0 Å². The number of ether oxygens (including phenoxy) is 1.